The van der Waals surface area contributed by atoms with Crippen LogP contribution in [0.4, 0.5) is 0 Å². The number of nitrogens with zero attached hydrogens (tertiary/aromatic N) is 1. The van der Waals surface area contributed by atoms with Crippen LogP contribution in [0, 0.1) is 11.3 Å². The van der Waals surface area contributed by atoms with E-state index in [-0.39, 0.29) is 5.75 Å². The monoisotopic (exact) mass is 162 g/mol. The van der Waals surface area contributed by atoms with Crippen LogP contribution in [0.5, 0.6) is 5.75 Å². The lowest BCUT2D eigenvalue weighted by atomic mass is 10.2. The fraction of sp³-hybridized carbons (Fsp3) is 0.222. The summed E-state index contributed by atoms with van der Waals surface area (Å²) in [6.45, 7) is 1.01. The molecule has 0 unspecified atom stereocenters. The van der Waals surface area contributed by atoms with Crippen molar-refractivity contribution in [2.24, 2.45) is 0 Å². The van der Waals surface area contributed by atoms with Gasteiger partial charge in [0, 0.05) is 6.54 Å². The molecule has 1 aromatic carbocycles. The summed E-state index contributed by atoms with van der Waals surface area (Å²) in [5.74, 6) is 0.263. The Bertz CT molecular complexity index is 274. The fourth-order valence-electron chi connectivity index (χ4n) is 0.877. The van der Waals surface area contributed by atoms with Crippen molar-refractivity contribution in [3.63, 3.8) is 0 Å². The summed E-state index contributed by atoms with van der Waals surface area (Å²) in [6, 6.07) is 8.88. The molecule has 0 saturated carbocycles. The summed E-state index contributed by atoms with van der Waals surface area (Å²) >= 11 is 0. The molecule has 3 nitrogen and oxygen atoms in total. The molecule has 3 heteroatoms. The van der Waals surface area contributed by atoms with Crippen LogP contribution in [-0.2, 0) is 6.54 Å². The van der Waals surface area contributed by atoms with Crippen molar-refractivity contribution in [2.75, 3.05) is 6.54 Å². The van der Waals surface area contributed by atoms with Crippen molar-refractivity contribution in [2.45, 2.75) is 6.54 Å². The van der Waals surface area contributed by atoms with Crippen LogP contribution in [-0.4, -0.2) is 11.7 Å². The Labute approximate surface area is 71.3 Å². The lowest BCUT2D eigenvalue weighted by molar-refractivity contribution is 0.475. The van der Waals surface area contributed by atoms with E-state index < -0.39 is 0 Å². The van der Waals surface area contributed by atoms with Crippen molar-refractivity contribution >= 4 is 0 Å². The van der Waals surface area contributed by atoms with Gasteiger partial charge in [-0.3, -0.25) is 0 Å². The zero-order valence-electron chi connectivity index (χ0n) is 6.62. The van der Waals surface area contributed by atoms with E-state index in [9.17, 15) is 0 Å². The zero-order valence-corrected chi connectivity index (χ0v) is 6.62. The average Bonchev–Trinajstić information content (AvgIpc) is 2.09. The summed E-state index contributed by atoms with van der Waals surface area (Å²) < 4.78 is 0. The fourth-order valence-corrected chi connectivity index (χ4v) is 0.877. The molecule has 0 aliphatic carbocycles. The largest absolute Gasteiger partial charge is 0.508 e. The number of nitrogens with one attached hydrogen (secondary N) is 1. The molecule has 0 bridgehead atoms. The molecular weight excluding hydrogens is 152 g/mol. The lowest BCUT2D eigenvalue weighted by Gasteiger charge is -1.99. The van der Waals surface area contributed by atoms with Crippen LogP contribution in [0.3, 0.4) is 0 Å². The van der Waals surface area contributed by atoms with Crippen molar-refractivity contribution in [1.29, 1.82) is 5.26 Å². The van der Waals surface area contributed by atoms with Crippen molar-refractivity contribution in [1.82, 2.24) is 5.32 Å². The first-order valence-corrected chi connectivity index (χ1v) is 3.68. The van der Waals surface area contributed by atoms with Crippen LogP contribution in [0.15, 0.2) is 24.3 Å². The summed E-state index contributed by atoms with van der Waals surface area (Å²) in [6.07, 6.45) is 0. The second-order valence-corrected chi connectivity index (χ2v) is 2.43. The third-order valence-electron chi connectivity index (χ3n) is 1.47. The van der Waals surface area contributed by atoms with Gasteiger partial charge in [-0.05, 0) is 17.7 Å². The molecule has 0 amide bonds. The van der Waals surface area contributed by atoms with Crippen LogP contribution in [0.2, 0.25) is 0 Å². The van der Waals surface area contributed by atoms with E-state index >= 15 is 0 Å². The maximum Gasteiger partial charge on any atom is 0.115 e. The van der Waals surface area contributed by atoms with Gasteiger partial charge in [-0.1, -0.05) is 12.1 Å². The van der Waals surface area contributed by atoms with Gasteiger partial charge in [0.15, 0.2) is 0 Å². The van der Waals surface area contributed by atoms with Crippen molar-refractivity contribution in [3.05, 3.63) is 29.8 Å². The molecule has 0 aromatic heterocycles. The molecular formula is C9H10N2O. The van der Waals surface area contributed by atoms with Crippen LogP contribution < -0.4 is 5.32 Å². The van der Waals surface area contributed by atoms with Gasteiger partial charge < -0.3 is 10.4 Å². The van der Waals surface area contributed by atoms with E-state index in [1.54, 1.807) is 12.1 Å². The van der Waals surface area contributed by atoms with Crippen LogP contribution in [0.1, 0.15) is 5.56 Å². The number of hydrogen-bond acceptors (Lipinski definition) is 3. The first-order valence-electron chi connectivity index (χ1n) is 3.68. The molecule has 12 heavy (non-hydrogen) atoms. The Kier molecular flexibility index (Phi) is 3.12. The van der Waals surface area contributed by atoms with Gasteiger partial charge in [-0.25, -0.2) is 0 Å². The summed E-state index contributed by atoms with van der Waals surface area (Å²) in [7, 11) is 0. The van der Waals surface area contributed by atoms with Gasteiger partial charge in [0.25, 0.3) is 0 Å². The van der Waals surface area contributed by atoms with Gasteiger partial charge in [0.1, 0.15) is 5.75 Å². The first kappa shape index (κ1) is 8.57. The number of aromatic hydroxyl groups is 1. The number of phenols is 1. The highest BCUT2D eigenvalue weighted by Gasteiger charge is 1.91. The quantitative estimate of drug-likeness (QED) is 0.515. The molecule has 2 N–H and O–H groups in total. The molecule has 0 atom stereocenters. The highest BCUT2D eigenvalue weighted by Crippen LogP contribution is 2.08. The Balaban J connectivity index is 2.43. The van der Waals surface area contributed by atoms with E-state index in [1.165, 1.54) is 0 Å². The van der Waals surface area contributed by atoms with Gasteiger partial charge in [-0.2, -0.15) is 5.26 Å². The summed E-state index contributed by atoms with van der Waals surface area (Å²) in [5, 5.41) is 20.1. The van der Waals surface area contributed by atoms with E-state index in [2.05, 4.69) is 5.32 Å². The minimum atomic E-state index is 0.263. The SMILES string of the molecule is N#CCNCc1ccc(O)cc1. The lowest BCUT2D eigenvalue weighted by Crippen LogP contribution is -2.12. The molecule has 62 valence electrons. The predicted molar refractivity (Wildman–Crippen MR) is 45.4 cm³/mol. The number of phenolic OH excluding ortho intramolecular Hbond substituents is 1. The normalized spacial score (nSPS) is 9.25. The number of hydrogen-bond donors (Lipinski definition) is 2. The Morgan fingerprint density at radius 2 is 2.00 bits per heavy atom. The Hall–Kier alpha value is -1.53. The molecule has 0 saturated heterocycles. The maximum absolute atomic E-state index is 8.96. The van der Waals surface area contributed by atoms with Crippen LogP contribution in [0.25, 0.3) is 0 Å². The van der Waals surface area contributed by atoms with Gasteiger partial charge >= 0.3 is 0 Å². The third-order valence-corrected chi connectivity index (χ3v) is 1.47. The minimum absolute atomic E-state index is 0.263. The van der Waals surface area contributed by atoms with Gasteiger partial charge in [-0.15, -0.1) is 0 Å². The van der Waals surface area contributed by atoms with Gasteiger partial charge in [0.2, 0.25) is 0 Å². The Morgan fingerprint density at radius 3 is 2.58 bits per heavy atom. The highest BCUT2D eigenvalue weighted by molar-refractivity contribution is 5.25. The molecule has 1 rings (SSSR count). The van der Waals surface area contributed by atoms with E-state index in [4.69, 9.17) is 10.4 Å². The molecule has 0 heterocycles. The second-order valence-electron chi connectivity index (χ2n) is 2.43. The van der Waals surface area contributed by atoms with E-state index in [0.717, 1.165) is 5.56 Å². The van der Waals surface area contributed by atoms with Gasteiger partial charge in [0.05, 0.1) is 12.6 Å². The molecule has 0 fully saturated rings. The number of nitriles is 1. The van der Waals surface area contributed by atoms with Crippen molar-refractivity contribution < 1.29 is 5.11 Å². The molecule has 1 aromatic rings. The summed E-state index contributed by atoms with van der Waals surface area (Å²) in [5.41, 5.74) is 1.06. The average molecular weight is 162 g/mol. The molecule has 0 spiro atoms. The first-order chi connectivity index (χ1) is 5.83. The second kappa shape index (κ2) is 4.37. The Morgan fingerprint density at radius 1 is 1.33 bits per heavy atom. The zero-order chi connectivity index (χ0) is 8.81. The predicted octanol–water partition coefficient (Wildman–Crippen LogP) is 1.01. The molecule has 0 aliphatic heterocycles. The summed E-state index contributed by atoms with van der Waals surface area (Å²) in [4.78, 5) is 0. The minimum Gasteiger partial charge on any atom is -0.508 e. The molecule has 0 radical (unpaired) electrons. The standard InChI is InChI=1S/C9H10N2O/c10-5-6-11-7-8-1-3-9(12)4-2-8/h1-4,11-12H,6-7H2. The maximum atomic E-state index is 8.96. The van der Waals surface area contributed by atoms with Crippen LogP contribution >= 0.6 is 0 Å². The van der Waals surface area contributed by atoms with Crippen molar-refractivity contribution in [3.8, 4) is 11.8 Å². The smallest absolute Gasteiger partial charge is 0.115 e. The number of benzene rings is 1. The highest BCUT2D eigenvalue weighted by atomic mass is 16.3. The topological polar surface area (TPSA) is 56.0 Å². The molecule has 0 aliphatic rings. The van der Waals surface area contributed by atoms with E-state index in [0.29, 0.717) is 13.1 Å². The van der Waals surface area contributed by atoms with E-state index in [1.807, 2.05) is 18.2 Å². The number of rotatable bonds is 3. The third kappa shape index (κ3) is 2.60.